The highest BCUT2D eigenvalue weighted by Crippen LogP contribution is 2.34. The molecule has 3 aromatic heterocycles. The zero-order chi connectivity index (χ0) is 25.5. The summed E-state index contributed by atoms with van der Waals surface area (Å²) >= 11 is 0. The Labute approximate surface area is 213 Å². The van der Waals surface area contributed by atoms with Gasteiger partial charge in [-0.15, -0.1) is 0 Å². The van der Waals surface area contributed by atoms with Gasteiger partial charge in [0.25, 0.3) is 11.5 Å². The molecule has 8 nitrogen and oxygen atoms in total. The lowest BCUT2D eigenvalue weighted by Crippen LogP contribution is -2.58. The summed E-state index contributed by atoms with van der Waals surface area (Å²) in [5, 5.41) is 4.47. The van der Waals surface area contributed by atoms with Crippen LogP contribution in [0.15, 0.2) is 53.7 Å². The fraction of sp³-hybridized carbons (Fsp3) is 0.393. The number of nitrogens with zero attached hydrogens (tertiary/aromatic N) is 5. The number of H-pyrrole nitrogens is 1. The Morgan fingerprint density at radius 3 is 2.59 bits per heavy atom. The predicted octanol–water partition coefficient (Wildman–Crippen LogP) is 4.62. The maximum absolute atomic E-state index is 13.7. The first-order valence-corrected chi connectivity index (χ1v) is 12.9. The smallest absolute Gasteiger partial charge is 0.274 e. The average molecular weight is 501 g/mol. The Bertz CT molecular complexity index is 1490. The molecule has 2 aliphatic rings. The number of amides is 1. The Kier molecular flexibility index (Phi) is 6.06. The molecule has 1 amide bonds. The van der Waals surface area contributed by atoms with E-state index in [2.05, 4.69) is 32.2 Å². The van der Waals surface area contributed by atoms with Crippen LogP contribution in [-0.2, 0) is 0 Å². The molecule has 9 heteroatoms. The molecule has 1 saturated heterocycles. The molecule has 190 valence electrons. The predicted molar refractivity (Wildman–Crippen MR) is 138 cm³/mol. The number of aromatic nitrogens is 5. The van der Waals surface area contributed by atoms with Crippen molar-refractivity contribution in [1.82, 2.24) is 29.5 Å². The molecule has 0 bridgehead atoms. The normalized spacial score (nSPS) is 20.2. The number of hydrogen-bond acceptors (Lipinski definition) is 5. The van der Waals surface area contributed by atoms with Gasteiger partial charge >= 0.3 is 0 Å². The third-order valence-electron chi connectivity index (χ3n) is 8.00. The Hall–Kier alpha value is -3.88. The van der Waals surface area contributed by atoms with Crippen molar-refractivity contribution in [1.29, 1.82) is 0 Å². The number of carbonyl (C=O) groups excluding carboxylic acids is 1. The van der Waals surface area contributed by atoms with Gasteiger partial charge in [-0.1, -0.05) is 43.5 Å². The van der Waals surface area contributed by atoms with E-state index in [0.29, 0.717) is 29.5 Å². The fourth-order valence-corrected chi connectivity index (χ4v) is 5.65. The second kappa shape index (κ2) is 9.53. The van der Waals surface area contributed by atoms with Gasteiger partial charge in [0.15, 0.2) is 5.65 Å². The van der Waals surface area contributed by atoms with Crippen LogP contribution in [0, 0.1) is 5.92 Å². The van der Waals surface area contributed by atoms with E-state index in [4.69, 9.17) is 0 Å². The molecule has 2 atom stereocenters. The molecule has 1 aromatic carbocycles. The van der Waals surface area contributed by atoms with E-state index in [9.17, 15) is 14.0 Å². The molecule has 4 aromatic rings. The van der Waals surface area contributed by atoms with Gasteiger partial charge in [-0.25, -0.2) is 0 Å². The Morgan fingerprint density at radius 2 is 1.92 bits per heavy atom. The van der Waals surface area contributed by atoms with E-state index in [0.717, 1.165) is 5.56 Å². The summed E-state index contributed by atoms with van der Waals surface area (Å²) < 4.78 is 14.5. The SMILES string of the molecule is C[C@H]1[C@@H](CF)CN1C(=O)c1c(-c2cnccn2)nn2c(=O)cc(-c3ccc(C4CCCCC4)cc3)[nH]c12. The first-order chi connectivity index (χ1) is 18.0. The molecule has 1 saturated carbocycles. The number of likely N-dealkylation sites (tertiary alicyclic amines) is 1. The van der Waals surface area contributed by atoms with E-state index in [1.165, 1.54) is 66.8 Å². The summed E-state index contributed by atoms with van der Waals surface area (Å²) in [6.07, 6.45) is 10.8. The number of halogens is 1. The van der Waals surface area contributed by atoms with Crippen molar-refractivity contribution >= 4 is 11.6 Å². The summed E-state index contributed by atoms with van der Waals surface area (Å²) in [6, 6.07) is 9.58. The van der Waals surface area contributed by atoms with Gasteiger partial charge in [0, 0.05) is 37.0 Å². The highest BCUT2D eigenvalue weighted by atomic mass is 19.1. The molecular weight excluding hydrogens is 471 g/mol. The van der Waals surface area contributed by atoms with Crippen LogP contribution >= 0.6 is 0 Å². The lowest BCUT2D eigenvalue weighted by molar-refractivity contribution is 0.0142. The summed E-state index contributed by atoms with van der Waals surface area (Å²) in [6.45, 7) is 1.68. The van der Waals surface area contributed by atoms with Gasteiger partial charge in [0.1, 0.15) is 17.0 Å². The van der Waals surface area contributed by atoms with Gasteiger partial charge in [-0.2, -0.15) is 9.61 Å². The van der Waals surface area contributed by atoms with Crippen LogP contribution in [0.2, 0.25) is 0 Å². The molecule has 37 heavy (non-hydrogen) atoms. The standard InChI is InChI=1S/C28H29FN6O2/c1-17-21(14-29)16-34(17)28(37)25-26(23-15-30-11-12-31-23)33-35-24(36)13-22(32-27(25)35)20-9-7-19(8-10-20)18-5-3-2-4-6-18/h7-13,15,17-18,21,32H,2-6,14,16H2,1H3/t17-,21-/m0/s1. The minimum Gasteiger partial charge on any atom is -0.339 e. The third kappa shape index (κ3) is 4.12. The molecule has 6 rings (SSSR count). The summed E-state index contributed by atoms with van der Waals surface area (Å²) in [7, 11) is 0. The Morgan fingerprint density at radius 1 is 1.14 bits per heavy atom. The van der Waals surface area contributed by atoms with Crippen LogP contribution in [-0.4, -0.2) is 54.6 Å². The maximum atomic E-state index is 13.7. The monoisotopic (exact) mass is 500 g/mol. The van der Waals surface area contributed by atoms with E-state index in [-0.39, 0.29) is 34.7 Å². The molecule has 1 aliphatic heterocycles. The number of alkyl halides is 1. The molecule has 1 N–H and O–H groups in total. The van der Waals surface area contributed by atoms with Crippen LogP contribution in [0.25, 0.3) is 28.3 Å². The number of carbonyl (C=O) groups is 1. The third-order valence-corrected chi connectivity index (χ3v) is 8.00. The van der Waals surface area contributed by atoms with Gasteiger partial charge in [-0.3, -0.25) is 23.9 Å². The summed E-state index contributed by atoms with van der Waals surface area (Å²) in [4.78, 5) is 40.3. The zero-order valence-electron chi connectivity index (χ0n) is 20.7. The number of rotatable bonds is 5. The highest BCUT2D eigenvalue weighted by molar-refractivity contribution is 6.05. The lowest BCUT2D eigenvalue weighted by Gasteiger charge is -2.45. The zero-order valence-corrected chi connectivity index (χ0v) is 20.7. The number of hydrogen-bond donors (Lipinski definition) is 1. The van der Waals surface area contributed by atoms with Crippen molar-refractivity contribution in [3.05, 3.63) is 70.4 Å². The van der Waals surface area contributed by atoms with Crippen LogP contribution < -0.4 is 5.56 Å². The molecule has 1 aliphatic carbocycles. The molecule has 4 heterocycles. The van der Waals surface area contributed by atoms with Crippen molar-refractivity contribution in [2.45, 2.75) is 51.0 Å². The largest absolute Gasteiger partial charge is 0.339 e. The van der Waals surface area contributed by atoms with E-state index < -0.39 is 6.67 Å². The van der Waals surface area contributed by atoms with Gasteiger partial charge < -0.3 is 9.88 Å². The fourth-order valence-electron chi connectivity index (χ4n) is 5.65. The molecule has 0 unspecified atom stereocenters. The van der Waals surface area contributed by atoms with Crippen LogP contribution in [0.5, 0.6) is 0 Å². The topological polar surface area (TPSA) is 96.2 Å². The first-order valence-electron chi connectivity index (χ1n) is 12.9. The summed E-state index contributed by atoms with van der Waals surface area (Å²) in [5.74, 6) is 0.0842. The molecular formula is C28H29FN6O2. The second-order valence-electron chi connectivity index (χ2n) is 10.2. The average Bonchev–Trinajstić information content (AvgIpc) is 3.34. The van der Waals surface area contributed by atoms with Crippen molar-refractivity contribution in [3.63, 3.8) is 0 Å². The number of nitrogens with one attached hydrogen (secondary N) is 1. The van der Waals surface area contributed by atoms with E-state index in [1.54, 1.807) is 4.90 Å². The Balaban J connectivity index is 1.44. The van der Waals surface area contributed by atoms with Crippen molar-refractivity contribution in [3.8, 4) is 22.6 Å². The summed E-state index contributed by atoms with van der Waals surface area (Å²) in [5.41, 5.74) is 3.61. The second-order valence-corrected chi connectivity index (χ2v) is 10.2. The van der Waals surface area contributed by atoms with Crippen LogP contribution in [0.4, 0.5) is 4.39 Å². The van der Waals surface area contributed by atoms with Crippen molar-refractivity contribution < 1.29 is 9.18 Å². The van der Waals surface area contributed by atoms with E-state index >= 15 is 0 Å². The number of aromatic amines is 1. The molecule has 0 spiro atoms. The lowest BCUT2D eigenvalue weighted by atomic mass is 9.84. The molecule has 2 fully saturated rings. The quantitative estimate of drug-likeness (QED) is 0.431. The first kappa shape index (κ1) is 23.5. The highest BCUT2D eigenvalue weighted by Gasteiger charge is 2.41. The minimum atomic E-state index is -0.478. The van der Waals surface area contributed by atoms with Gasteiger partial charge in [-0.05, 0) is 36.8 Å². The number of fused-ring (bicyclic) bond motifs is 1. The van der Waals surface area contributed by atoms with Crippen LogP contribution in [0.1, 0.15) is 60.9 Å². The van der Waals surface area contributed by atoms with Gasteiger partial charge in [0.05, 0.1) is 18.6 Å². The van der Waals surface area contributed by atoms with Crippen molar-refractivity contribution in [2.75, 3.05) is 13.2 Å². The van der Waals surface area contributed by atoms with Crippen LogP contribution in [0.3, 0.4) is 0 Å². The van der Waals surface area contributed by atoms with Crippen molar-refractivity contribution in [2.24, 2.45) is 5.92 Å². The van der Waals surface area contributed by atoms with Gasteiger partial charge in [0.2, 0.25) is 0 Å². The minimum absolute atomic E-state index is 0.192. The maximum Gasteiger partial charge on any atom is 0.274 e. The van der Waals surface area contributed by atoms with E-state index in [1.807, 2.05) is 19.1 Å². The molecule has 0 radical (unpaired) electrons. The number of benzene rings is 1.